The molecule has 2 aromatic rings. The molecule has 1 fully saturated rings. The minimum absolute atomic E-state index is 0. The van der Waals surface area contributed by atoms with Gasteiger partial charge in [-0.25, -0.2) is 4.79 Å². The van der Waals surface area contributed by atoms with Crippen LogP contribution in [0.1, 0.15) is 34.3 Å². The Labute approximate surface area is 175 Å². The van der Waals surface area contributed by atoms with E-state index in [1.54, 1.807) is 0 Å². The number of hydrogen-bond donors (Lipinski definition) is 3. The third kappa shape index (κ3) is 3.72. The maximum absolute atomic E-state index is 12.2. The first-order chi connectivity index (χ1) is 13.4. The highest BCUT2D eigenvalue weighted by molar-refractivity contribution is 5.92. The predicted octanol–water partition coefficient (Wildman–Crippen LogP) is 2.50. The van der Waals surface area contributed by atoms with Gasteiger partial charge < -0.3 is 25.0 Å². The van der Waals surface area contributed by atoms with Gasteiger partial charge in [-0.15, -0.1) is 12.4 Å². The van der Waals surface area contributed by atoms with Crippen molar-refractivity contribution in [3.8, 4) is 17.0 Å². The molecule has 1 aromatic heterocycles. The van der Waals surface area contributed by atoms with Crippen LogP contribution in [0, 0.1) is 0 Å². The average Bonchev–Trinajstić information content (AvgIpc) is 3.06. The van der Waals surface area contributed by atoms with Gasteiger partial charge in [0.1, 0.15) is 5.75 Å². The molecule has 1 aromatic carbocycles. The van der Waals surface area contributed by atoms with E-state index in [0.717, 1.165) is 43.5 Å². The molecular formula is C21H26ClN3O4. The van der Waals surface area contributed by atoms with Crippen molar-refractivity contribution in [1.82, 2.24) is 9.88 Å². The summed E-state index contributed by atoms with van der Waals surface area (Å²) in [5.74, 6) is -1.82. The Hall–Kier alpha value is -2.51. The van der Waals surface area contributed by atoms with Gasteiger partial charge in [0, 0.05) is 35.9 Å². The maximum Gasteiger partial charge on any atom is 0.345 e. The minimum Gasteiger partial charge on any atom is -0.506 e. The molecule has 0 bridgehead atoms. The molecule has 0 radical (unpaired) electrons. The number of aryl methyl sites for hydroxylation is 1. The molecule has 1 aliphatic carbocycles. The number of anilines is 1. The number of carbonyl (C=O) groups is 1. The van der Waals surface area contributed by atoms with E-state index in [1.807, 2.05) is 12.1 Å². The Morgan fingerprint density at radius 3 is 2.69 bits per heavy atom. The topological polar surface area (TPSA) is 96.9 Å². The van der Waals surface area contributed by atoms with Crippen molar-refractivity contribution in [3.05, 3.63) is 45.2 Å². The average molecular weight is 420 g/mol. The van der Waals surface area contributed by atoms with Crippen LogP contribution in [0.25, 0.3) is 11.3 Å². The normalized spacial score (nSPS) is 18.0. The van der Waals surface area contributed by atoms with Crippen LogP contribution in [0.2, 0.25) is 0 Å². The molecule has 3 N–H and O–H groups in total. The van der Waals surface area contributed by atoms with E-state index < -0.39 is 22.8 Å². The van der Waals surface area contributed by atoms with Crippen LogP contribution in [-0.2, 0) is 12.8 Å². The van der Waals surface area contributed by atoms with Crippen molar-refractivity contribution < 1.29 is 15.0 Å². The van der Waals surface area contributed by atoms with E-state index in [-0.39, 0.29) is 12.4 Å². The zero-order valence-corrected chi connectivity index (χ0v) is 17.4. The lowest BCUT2D eigenvalue weighted by Crippen LogP contribution is -2.31. The molecule has 4 rings (SSSR count). The van der Waals surface area contributed by atoms with Crippen LogP contribution in [0.15, 0.2) is 23.0 Å². The van der Waals surface area contributed by atoms with E-state index in [9.17, 15) is 19.8 Å². The third-order valence-corrected chi connectivity index (χ3v) is 5.99. The molecule has 2 heterocycles. The number of fused-ring (bicyclic) bond motifs is 3. The summed E-state index contributed by atoms with van der Waals surface area (Å²) in [7, 11) is 4.21. The standard InChI is InChI=1S/C21H25N3O4.ClH/c1-23(2)14-8-9-24(11-14)13-6-7-15-12(10-13)4-3-5-16-18(15)22-20(26)17(19(16)25)21(27)28;/h6-7,10,14H,3-5,8-9,11H2,1-2H3,(H,27,28)(H2,22,25,26);1H. The fourth-order valence-electron chi connectivity index (χ4n) is 4.38. The van der Waals surface area contributed by atoms with Gasteiger partial charge in [0.15, 0.2) is 5.56 Å². The quantitative estimate of drug-likeness (QED) is 0.707. The van der Waals surface area contributed by atoms with Gasteiger partial charge >= 0.3 is 5.97 Å². The van der Waals surface area contributed by atoms with E-state index in [1.165, 1.54) is 5.69 Å². The molecule has 1 unspecified atom stereocenters. The number of pyridine rings is 1. The number of aromatic nitrogens is 1. The Balaban J connectivity index is 0.00000240. The number of rotatable bonds is 3. The van der Waals surface area contributed by atoms with Crippen LogP contribution in [0.5, 0.6) is 5.75 Å². The summed E-state index contributed by atoms with van der Waals surface area (Å²) in [6.07, 6.45) is 3.25. The molecule has 0 amide bonds. The number of benzene rings is 1. The van der Waals surface area contributed by atoms with Gasteiger partial charge in [-0.05, 0) is 57.5 Å². The van der Waals surface area contributed by atoms with Crippen molar-refractivity contribution >= 4 is 24.1 Å². The Bertz CT molecular complexity index is 1000. The van der Waals surface area contributed by atoms with Crippen molar-refractivity contribution in [3.63, 3.8) is 0 Å². The SMILES string of the molecule is CN(C)C1CCN(c2ccc3c(c2)CCCc2c-3[nH]c(=O)c(C(=O)O)c2O)C1.Cl. The number of H-pyrrole nitrogens is 1. The van der Waals surface area contributed by atoms with Crippen molar-refractivity contribution in [2.45, 2.75) is 31.7 Å². The zero-order valence-electron chi connectivity index (χ0n) is 16.6. The summed E-state index contributed by atoms with van der Waals surface area (Å²) in [4.78, 5) is 30.9. The largest absolute Gasteiger partial charge is 0.506 e. The van der Waals surface area contributed by atoms with Crippen molar-refractivity contribution in [2.24, 2.45) is 0 Å². The molecule has 1 aliphatic heterocycles. The van der Waals surface area contributed by atoms with Gasteiger partial charge in [0.2, 0.25) is 0 Å². The highest BCUT2D eigenvalue weighted by atomic mass is 35.5. The van der Waals surface area contributed by atoms with Gasteiger partial charge in [-0.3, -0.25) is 4.79 Å². The van der Waals surface area contributed by atoms with Crippen LogP contribution >= 0.6 is 12.4 Å². The molecule has 1 saturated heterocycles. The van der Waals surface area contributed by atoms with Gasteiger partial charge in [-0.2, -0.15) is 0 Å². The first kappa shape index (κ1) is 21.2. The fraction of sp³-hybridized carbons (Fsp3) is 0.429. The van der Waals surface area contributed by atoms with Gasteiger partial charge in [0.05, 0.1) is 5.69 Å². The number of aromatic carboxylic acids is 1. The van der Waals surface area contributed by atoms with Crippen LogP contribution in [0.3, 0.4) is 0 Å². The van der Waals surface area contributed by atoms with E-state index in [0.29, 0.717) is 23.7 Å². The highest BCUT2D eigenvalue weighted by Crippen LogP contribution is 2.37. The van der Waals surface area contributed by atoms with Crippen molar-refractivity contribution in [2.75, 3.05) is 32.1 Å². The van der Waals surface area contributed by atoms with Gasteiger partial charge in [0.25, 0.3) is 5.56 Å². The lowest BCUT2D eigenvalue weighted by atomic mass is 9.99. The van der Waals surface area contributed by atoms with E-state index >= 15 is 0 Å². The second kappa shape index (κ2) is 8.08. The molecular weight excluding hydrogens is 394 g/mol. The molecule has 7 nitrogen and oxygen atoms in total. The Morgan fingerprint density at radius 2 is 2.03 bits per heavy atom. The number of aromatic hydroxyl groups is 1. The van der Waals surface area contributed by atoms with Crippen LogP contribution < -0.4 is 10.5 Å². The maximum atomic E-state index is 12.2. The number of halogens is 1. The Morgan fingerprint density at radius 1 is 1.28 bits per heavy atom. The second-order valence-corrected chi connectivity index (χ2v) is 7.88. The summed E-state index contributed by atoms with van der Waals surface area (Å²) >= 11 is 0. The molecule has 0 spiro atoms. The smallest absolute Gasteiger partial charge is 0.345 e. The summed E-state index contributed by atoms with van der Waals surface area (Å²) in [5.41, 5.74) is 2.85. The van der Waals surface area contributed by atoms with E-state index in [4.69, 9.17) is 0 Å². The Kier molecular flexibility index (Phi) is 5.91. The summed E-state index contributed by atoms with van der Waals surface area (Å²) < 4.78 is 0. The monoisotopic (exact) mass is 419 g/mol. The summed E-state index contributed by atoms with van der Waals surface area (Å²) in [5, 5.41) is 19.7. The molecule has 156 valence electrons. The molecule has 8 heteroatoms. The van der Waals surface area contributed by atoms with Gasteiger partial charge in [-0.1, -0.05) is 6.07 Å². The summed E-state index contributed by atoms with van der Waals surface area (Å²) in [6.45, 7) is 2.00. The predicted molar refractivity (Wildman–Crippen MR) is 115 cm³/mol. The second-order valence-electron chi connectivity index (χ2n) is 7.88. The number of nitrogens with one attached hydrogen (secondary N) is 1. The minimum atomic E-state index is -1.41. The fourth-order valence-corrected chi connectivity index (χ4v) is 4.38. The molecule has 0 saturated carbocycles. The number of aromatic amines is 1. The molecule has 1 atom stereocenters. The zero-order chi connectivity index (χ0) is 20.0. The first-order valence-electron chi connectivity index (χ1n) is 9.63. The van der Waals surface area contributed by atoms with Crippen LogP contribution in [-0.4, -0.2) is 59.3 Å². The third-order valence-electron chi connectivity index (χ3n) is 5.99. The summed E-state index contributed by atoms with van der Waals surface area (Å²) in [6, 6.07) is 6.74. The first-order valence-corrected chi connectivity index (χ1v) is 9.63. The number of likely N-dealkylation sites (N-methyl/N-ethyl adjacent to an activating group) is 1. The van der Waals surface area contributed by atoms with E-state index in [2.05, 4.69) is 34.9 Å². The van der Waals surface area contributed by atoms with Crippen LogP contribution in [0.4, 0.5) is 5.69 Å². The lowest BCUT2D eigenvalue weighted by Gasteiger charge is -2.23. The number of carboxylic acid groups (broad SMARTS) is 1. The number of carboxylic acids is 1. The number of hydrogen-bond acceptors (Lipinski definition) is 5. The molecule has 2 aliphatic rings. The molecule has 29 heavy (non-hydrogen) atoms. The lowest BCUT2D eigenvalue weighted by molar-refractivity contribution is 0.0691. The number of nitrogens with zero attached hydrogens (tertiary/aromatic N) is 2. The van der Waals surface area contributed by atoms with Crippen molar-refractivity contribution in [1.29, 1.82) is 0 Å². The highest BCUT2D eigenvalue weighted by Gasteiger charge is 2.27.